The van der Waals surface area contributed by atoms with E-state index in [0.29, 0.717) is 6.04 Å². The molecule has 0 radical (unpaired) electrons. The monoisotopic (exact) mass is 267 g/mol. The molecule has 0 spiro atoms. The van der Waals surface area contributed by atoms with Crippen molar-refractivity contribution in [2.45, 2.75) is 40.2 Å². The first kappa shape index (κ1) is 14.8. The Kier molecular flexibility index (Phi) is 4.61. The molecule has 1 N–H and O–H groups in total. The fraction of sp³-hybridized carbons (Fsp3) is 0.368. The van der Waals surface area contributed by atoms with Crippen LogP contribution in [0.5, 0.6) is 0 Å². The molecule has 2 aromatic carbocycles. The second-order valence-corrected chi connectivity index (χ2v) is 5.78. The Morgan fingerprint density at radius 3 is 2.05 bits per heavy atom. The molecule has 0 fully saturated rings. The summed E-state index contributed by atoms with van der Waals surface area (Å²) in [5.74, 6) is 0. The summed E-state index contributed by atoms with van der Waals surface area (Å²) in [5.41, 5.74) is 8.35. The van der Waals surface area contributed by atoms with E-state index in [1.807, 2.05) is 0 Å². The molecule has 0 saturated heterocycles. The molecule has 2 rings (SSSR count). The summed E-state index contributed by atoms with van der Waals surface area (Å²) in [5, 5.41) is 3.50. The summed E-state index contributed by atoms with van der Waals surface area (Å²) in [6.45, 7) is 8.80. The van der Waals surface area contributed by atoms with Crippen molar-refractivity contribution in [2.75, 3.05) is 7.05 Å². The quantitative estimate of drug-likeness (QED) is 0.864. The zero-order valence-electron chi connectivity index (χ0n) is 13.2. The molecule has 106 valence electrons. The van der Waals surface area contributed by atoms with Gasteiger partial charge in [-0.1, -0.05) is 42.0 Å². The normalized spacial score (nSPS) is 12.4. The van der Waals surface area contributed by atoms with Crippen molar-refractivity contribution < 1.29 is 0 Å². The van der Waals surface area contributed by atoms with Crippen LogP contribution in [-0.2, 0) is 6.42 Å². The van der Waals surface area contributed by atoms with Gasteiger partial charge in [-0.2, -0.15) is 0 Å². The zero-order chi connectivity index (χ0) is 14.7. The minimum atomic E-state index is 0.372. The molecule has 20 heavy (non-hydrogen) atoms. The third-order valence-electron chi connectivity index (χ3n) is 4.12. The van der Waals surface area contributed by atoms with E-state index >= 15 is 0 Å². The number of hydrogen-bond donors (Lipinski definition) is 1. The van der Waals surface area contributed by atoms with Crippen LogP contribution in [0.2, 0.25) is 0 Å². The molecule has 0 aromatic heterocycles. The number of rotatable bonds is 4. The van der Waals surface area contributed by atoms with Gasteiger partial charge in [0.1, 0.15) is 0 Å². The van der Waals surface area contributed by atoms with Gasteiger partial charge in [0.25, 0.3) is 0 Å². The van der Waals surface area contributed by atoms with Crippen molar-refractivity contribution in [1.29, 1.82) is 0 Å². The lowest BCUT2D eigenvalue weighted by Gasteiger charge is -2.23. The number of likely N-dealkylation sites (N-methyl/N-ethyl adjacent to an activating group) is 1. The van der Waals surface area contributed by atoms with Crippen molar-refractivity contribution >= 4 is 0 Å². The van der Waals surface area contributed by atoms with Crippen LogP contribution in [0.1, 0.15) is 39.4 Å². The van der Waals surface area contributed by atoms with Gasteiger partial charge in [0, 0.05) is 6.04 Å². The maximum atomic E-state index is 3.50. The van der Waals surface area contributed by atoms with E-state index < -0.39 is 0 Å². The lowest BCUT2D eigenvalue weighted by molar-refractivity contribution is 0.584. The largest absolute Gasteiger partial charge is 0.313 e. The van der Waals surface area contributed by atoms with Crippen LogP contribution in [0, 0.1) is 27.7 Å². The summed E-state index contributed by atoms with van der Waals surface area (Å²) in [6, 6.07) is 13.6. The molecule has 0 amide bonds. The van der Waals surface area contributed by atoms with E-state index in [2.05, 4.69) is 76.5 Å². The molecule has 1 nitrogen and oxygen atoms in total. The highest BCUT2D eigenvalue weighted by Gasteiger charge is 2.16. The van der Waals surface area contributed by atoms with Crippen molar-refractivity contribution in [3.05, 3.63) is 69.8 Å². The lowest BCUT2D eigenvalue weighted by atomic mass is 9.89. The molecule has 2 aromatic rings. The SMILES string of the molecule is CNC(Cc1ccccc1C)c1c(C)cc(C)cc1C. The predicted molar refractivity (Wildman–Crippen MR) is 87.3 cm³/mol. The molecule has 1 atom stereocenters. The number of hydrogen-bond acceptors (Lipinski definition) is 1. The van der Waals surface area contributed by atoms with Gasteiger partial charge in [0.2, 0.25) is 0 Å². The summed E-state index contributed by atoms with van der Waals surface area (Å²) in [7, 11) is 2.06. The number of nitrogens with one attached hydrogen (secondary N) is 1. The van der Waals surface area contributed by atoms with E-state index in [9.17, 15) is 0 Å². The van der Waals surface area contributed by atoms with E-state index in [-0.39, 0.29) is 0 Å². The minimum Gasteiger partial charge on any atom is -0.313 e. The van der Waals surface area contributed by atoms with E-state index in [1.54, 1.807) is 0 Å². The second-order valence-electron chi connectivity index (χ2n) is 5.78. The first-order valence-electron chi connectivity index (χ1n) is 7.32. The van der Waals surface area contributed by atoms with Crippen molar-refractivity contribution in [2.24, 2.45) is 0 Å². The molecule has 1 unspecified atom stereocenters. The average molecular weight is 267 g/mol. The van der Waals surface area contributed by atoms with Gasteiger partial charge in [0.15, 0.2) is 0 Å². The summed E-state index contributed by atoms with van der Waals surface area (Å²) in [4.78, 5) is 0. The van der Waals surface area contributed by atoms with E-state index in [0.717, 1.165) is 6.42 Å². The zero-order valence-corrected chi connectivity index (χ0v) is 13.2. The first-order chi connectivity index (χ1) is 9.52. The van der Waals surface area contributed by atoms with Crippen LogP contribution in [0.15, 0.2) is 36.4 Å². The summed E-state index contributed by atoms with van der Waals surface area (Å²) >= 11 is 0. The van der Waals surface area contributed by atoms with Crippen LogP contribution in [-0.4, -0.2) is 7.05 Å². The van der Waals surface area contributed by atoms with Crippen LogP contribution in [0.3, 0.4) is 0 Å². The Morgan fingerprint density at radius 2 is 1.50 bits per heavy atom. The molecule has 1 heteroatoms. The molecule has 0 aliphatic carbocycles. The maximum absolute atomic E-state index is 3.50. The lowest BCUT2D eigenvalue weighted by Crippen LogP contribution is -2.21. The first-order valence-corrected chi connectivity index (χ1v) is 7.32. The molecular weight excluding hydrogens is 242 g/mol. The molecule has 0 aliphatic heterocycles. The van der Waals surface area contributed by atoms with Gasteiger partial charge in [-0.3, -0.25) is 0 Å². The van der Waals surface area contributed by atoms with Gasteiger partial charge in [-0.25, -0.2) is 0 Å². The summed E-state index contributed by atoms with van der Waals surface area (Å²) in [6.07, 6.45) is 1.04. The van der Waals surface area contributed by atoms with Gasteiger partial charge >= 0.3 is 0 Å². The Morgan fingerprint density at radius 1 is 0.900 bits per heavy atom. The number of aryl methyl sites for hydroxylation is 4. The van der Waals surface area contributed by atoms with Gasteiger partial charge in [0.05, 0.1) is 0 Å². The molecular formula is C19H25N. The Hall–Kier alpha value is -1.60. The smallest absolute Gasteiger partial charge is 0.0363 e. The predicted octanol–water partition coefficient (Wildman–Crippen LogP) is 4.42. The maximum Gasteiger partial charge on any atom is 0.0363 e. The second kappa shape index (κ2) is 6.23. The highest BCUT2D eigenvalue weighted by Crippen LogP contribution is 2.27. The van der Waals surface area contributed by atoms with Gasteiger partial charge < -0.3 is 5.32 Å². The fourth-order valence-electron chi connectivity index (χ4n) is 3.15. The van der Waals surface area contributed by atoms with Crippen LogP contribution in [0.4, 0.5) is 0 Å². The Labute approximate surface area is 123 Å². The fourth-order valence-corrected chi connectivity index (χ4v) is 3.15. The van der Waals surface area contributed by atoms with Crippen LogP contribution in [0.25, 0.3) is 0 Å². The standard InChI is InChI=1S/C19H25N/c1-13-10-15(3)19(16(4)11-13)18(20-5)12-17-9-7-6-8-14(17)2/h6-11,18,20H,12H2,1-5H3. The Bertz CT molecular complexity index is 575. The van der Waals surface area contributed by atoms with Gasteiger partial charge in [-0.05, 0) is 69.0 Å². The minimum absolute atomic E-state index is 0.372. The third-order valence-corrected chi connectivity index (χ3v) is 4.12. The molecule has 0 heterocycles. The van der Waals surface area contributed by atoms with Crippen LogP contribution >= 0.6 is 0 Å². The number of benzene rings is 2. The highest BCUT2D eigenvalue weighted by atomic mass is 14.9. The van der Waals surface area contributed by atoms with Crippen molar-refractivity contribution in [3.8, 4) is 0 Å². The van der Waals surface area contributed by atoms with Crippen molar-refractivity contribution in [3.63, 3.8) is 0 Å². The molecule has 0 bridgehead atoms. The third kappa shape index (κ3) is 3.10. The summed E-state index contributed by atoms with van der Waals surface area (Å²) < 4.78 is 0. The van der Waals surface area contributed by atoms with Crippen LogP contribution < -0.4 is 5.32 Å². The average Bonchev–Trinajstić information content (AvgIpc) is 2.38. The molecule has 0 aliphatic rings. The van der Waals surface area contributed by atoms with E-state index in [4.69, 9.17) is 0 Å². The highest BCUT2D eigenvalue weighted by molar-refractivity contribution is 5.41. The van der Waals surface area contributed by atoms with E-state index in [1.165, 1.54) is 33.4 Å². The van der Waals surface area contributed by atoms with Gasteiger partial charge in [-0.15, -0.1) is 0 Å². The topological polar surface area (TPSA) is 12.0 Å². The molecule has 0 saturated carbocycles. The van der Waals surface area contributed by atoms with Crippen molar-refractivity contribution in [1.82, 2.24) is 5.32 Å². The Balaban J connectivity index is 2.37.